The maximum absolute atomic E-state index is 12.5. The Balaban J connectivity index is 1.77. The Hall–Kier alpha value is -0.870. The molecule has 1 saturated heterocycles. The number of aryl methyl sites for hydroxylation is 2. The maximum atomic E-state index is 12.5. The number of thiophene rings is 1. The predicted octanol–water partition coefficient (Wildman–Crippen LogP) is 2.49. The van der Waals surface area contributed by atoms with Gasteiger partial charge in [-0.1, -0.05) is 0 Å². The molecule has 1 aliphatic carbocycles. The van der Waals surface area contributed by atoms with Crippen LogP contribution in [0, 0.1) is 0 Å². The largest absolute Gasteiger partial charge is 0.372 e. The zero-order valence-electron chi connectivity index (χ0n) is 10.9. The molecule has 0 spiro atoms. The molecule has 0 aromatic carbocycles. The highest BCUT2D eigenvalue weighted by molar-refractivity contribution is 7.14. The molecule has 1 fully saturated rings. The number of morpholine rings is 1. The molecule has 0 N–H and O–H groups in total. The lowest BCUT2D eigenvalue weighted by Gasteiger charge is -2.35. The third kappa shape index (κ3) is 2.19. The Labute approximate surface area is 112 Å². The van der Waals surface area contributed by atoms with Crippen molar-refractivity contribution in [3.63, 3.8) is 0 Å². The standard InChI is InChI=1S/C14H19NO2S/c1-9-7-15(8-10(2)17-9)14(16)13-6-11-4-3-5-12(11)18-13/h6,9-10H,3-5,7-8H2,1-2H3/t9-,10+. The van der Waals surface area contributed by atoms with Gasteiger partial charge in [0.2, 0.25) is 0 Å². The van der Waals surface area contributed by atoms with E-state index in [1.807, 2.05) is 18.7 Å². The first-order chi connectivity index (χ1) is 8.63. The van der Waals surface area contributed by atoms with Crippen LogP contribution in [-0.4, -0.2) is 36.1 Å². The summed E-state index contributed by atoms with van der Waals surface area (Å²) >= 11 is 1.69. The number of hydrogen-bond donors (Lipinski definition) is 0. The lowest BCUT2D eigenvalue weighted by molar-refractivity contribution is -0.0585. The Morgan fingerprint density at radius 3 is 2.72 bits per heavy atom. The van der Waals surface area contributed by atoms with Gasteiger partial charge in [-0.15, -0.1) is 11.3 Å². The van der Waals surface area contributed by atoms with E-state index >= 15 is 0 Å². The second-order valence-electron chi connectivity index (χ2n) is 5.38. The summed E-state index contributed by atoms with van der Waals surface area (Å²) in [5.74, 6) is 0.191. The summed E-state index contributed by atoms with van der Waals surface area (Å²) in [7, 11) is 0. The number of rotatable bonds is 1. The quantitative estimate of drug-likeness (QED) is 0.781. The van der Waals surface area contributed by atoms with E-state index in [4.69, 9.17) is 4.74 Å². The smallest absolute Gasteiger partial charge is 0.264 e. The van der Waals surface area contributed by atoms with Gasteiger partial charge in [-0.25, -0.2) is 0 Å². The number of nitrogens with zero attached hydrogens (tertiary/aromatic N) is 1. The molecular formula is C14H19NO2S. The van der Waals surface area contributed by atoms with Crippen molar-refractivity contribution >= 4 is 17.2 Å². The molecule has 1 amide bonds. The average molecular weight is 265 g/mol. The van der Waals surface area contributed by atoms with E-state index in [0.717, 1.165) is 17.7 Å². The Morgan fingerprint density at radius 2 is 2.06 bits per heavy atom. The normalized spacial score (nSPS) is 27.3. The molecule has 1 aliphatic heterocycles. The lowest BCUT2D eigenvalue weighted by Crippen LogP contribution is -2.48. The molecule has 2 atom stereocenters. The Bertz CT molecular complexity index is 437. The third-order valence-electron chi connectivity index (χ3n) is 3.66. The van der Waals surface area contributed by atoms with E-state index in [2.05, 4.69) is 6.07 Å². The van der Waals surface area contributed by atoms with Crippen molar-refractivity contribution < 1.29 is 9.53 Å². The van der Waals surface area contributed by atoms with Crippen molar-refractivity contribution in [2.45, 2.75) is 45.3 Å². The number of fused-ring (bicyclic) bond motifs is 1. The van der Waals surface area contributed by atoms with Crippen LogP contribution in [0.15, 0.2) is 6.07 Å². The van der Waals surface area contributed by atoms with Gasteiger partial charge in [0.05, 0.1) is 17.1 Å². The summed E-state index contributed by atoms with van der Waals surface area (Å²) in [6.07, 6.45) is 3.84. The van der Waals surface area contributed by atoms with E-state index in [1.165, 1.54) is 16.9 Å². The van der Waals surface area contributed by atoms with Crippen LogP contribution in [0.3, 0.4) is 0 Å². The minimum absolute atomic E-state index is 0.143. The summed E-state index contributed by atoms with van der Waals surface area (Å²) < 4.78 is 5.67. The predicted molar refractivity (Wildman–Crippen MR) is 72.3 cm³/mol. The van der Waals surface area contributed by atoms with Gasteiger partial charge in [0.25, 0.3) is 5.91 Å². The van der Waals surface area contributed by atoms with Crippen molar-refractivity contribution in [2.24, 2.45) is 0 Å². The second-order valence-corrected chi connectivity index (χ2v) is 6.52. The molecule has 1 aromatic rings. The topological polar surface area (TPSA) is 29.5 Å². The van der Waals surface area contributed by atoms with E-state index in [1.54, 1.807) is 11.3 Å². The highest BCUT2D eigenvalue weighted by Gasteiger charge is 2.28. The van der Waals surface area contributed by atoms with E-state index in [0.29, 0.717) is 13.1 Å². The number of carbonyl (C=O) groups is 1. The van der Waals surface area contributed by atoms with Gasteiger partial charge in [0.1, 0.15) is 0 Å². The molecule has 18 heavy (non-hydrogen) atoms. The number of ether oxygens (including phenoxy) is 1. The zero-order chi connectivity index (χ0) is 12.7. The molecule has 0 saturated carbocycles. The lowest BCUT2D eigenvalue weighted by atomic mass is 10.2. The first-order valence-electron chi connectivity index (χ1n) is 6.70. The van der Waals surface area contributed by atoms with Gasteiger partial charge in [-0.3, -0.25) is 4.79 Å². The van der Waals surface area contributed by atoms with Gasteiger partial charge in [-0.05, 0) is 44.7 Å². The molecule has 0 bridgehead atoms. The van der Waals surface area contributed by atoms with Crippen LogP contribution in [0.25, 0.3) is 0 Å². The van der Waals surface area contributed by atoms with Crippen molar-refractivity contribution in [2.75, 3.05) is 13.1 Å². The molecule has 3 nitrogen and oxygen atoms in total. The minimum Gasteiger partial charge on any atom is -0.372 e. The molecule has 2 aliphatic rings. The Morgan fingerprint density at radius 1 is 1.33 bits per heavy atom. The first-order valence-corrected chi connectivity index (χ1v) is 7.51. The van der Waals surface area contributed by atoms with Gasteiger partial charge in [0.15, 0.2) is 0 Å². The summed E-state index contributed by atoms with van der Waals surface area (Å²) in [6.45, 7) is 5.49. The number of carbonyl (C=O) groups excluding carboxylic acids is 1. The molecule has 0 unspecified atom stereocenters. The first kappa shape index (κ1) is 12.2. The average Bonchev–Trinajstić information content (AvgIpc) is 2.86. The van der Waals surface area contributed by atoms with E-state index < -0.39 is 0 Å². The number of hydrogen-bond acceptors (Lipinski definition) is 3. The molecular weight excluding hydrogens is 246 g/mol. The monoisotopic (exact) mass is 265 g/mol. The van der Waals surface area contributed by atoms with Crippen LogP contribution in [0.2, 0.25) is 0 Å². The summed E-state index contributed by atoms with van der Waals surface area (Å²) in [4.78, 5) is 16.8. The SMILES string of the molecule is C[C@@H]1CN(C(=O)c2cc3c(s2)CCC3)C[C@H](C)O1. The van der Waals surface area contributed by atoms with Crippen LogP contribution < -0.4 is 0 Å². The number of amides is 1. The fraction of sp³-hybridized carbons (Fsp3) is 0.643. The highest BCUT2D eigenvalue weighted by Crippen LogP contribution is 2.31. The van der Waals surface area contributed by atoms with E-state index in [-0.39, 0.29) is 18.1 Å². The minimum atomic E-state index is 0.143. The van der Waals surface area contributed by atoms with Gasteiger partial charge in [-0.2, -0.15) is 0 Å². The summed E-state index contributed by atoms with van der Waals surface area (Å²) in [5, 5.41) is 0. The fourth-order valence-electron chi connectivity index (χ4n) is 2.93. The molecule has 1 aromatic heterocycles. The van der Waals surface area contributed by atoms with Crippen LogP contribution in [0.1, 0.15) is 40.4 Å². The molecule has 98 valence electrons. The van der Waals surface area contributed by atoms with Crippen molar-refractivity contribution in [3.05, 3.63) is 21.4 Å². The van der Waals surface area contributed by atoms with Gasteiger partial charge >= 0.3 is 0 Å². The van der Waals surface area contributed by atoms with Crippen LogP contribution in [-0.2, 0) is 17.6 Å². The van der Waals surface area contributed by atoms with Crippen molar-refractivity contribution in [3.8, 4) is 0 Å². The maximum Gasteiger partial charge on any atom is 0.264 e. The van der Waals surface area contributed by atoms with Crippen LogP contribution in [0.4, 0.5) is 0 Å². The second kappa shape index (κ2) is 4.67. The highest BCUT2D eigenvalue weighted by atomic mass is 32.1. The van der Waals surface area contributed by atoms with E-state index in [9.17, 15) is 4.79 Å². The summed E-state index contributed by atoms with van der Waals surface area (Å²) in [6, 6.07) is 2.11. The molecule has 4 heteroatoms. The van der Waals surface area contributed by atoms with Crippen molar-refractivity contribution in [1.82, 2.24) is 4.90 Å². The Kier molecular flexibility index (Phi) is 3.16. The summed E-state index contributed by atoms with van der Waals surface area (Å²) in [5.41, 5.74) is 1.40. The molecule has 2 heterocycles. The fourth-order valence-corrected chi connectivity index (χ4v) is 4.16. The molecule has 3 rings (SSSR count). The van der Waals surface area contributed by atoms with Gasteiger partial charge in [0, 0.05) is 18.0 Å². The zero-order valence-corrected chi connectivity index (χ0v) is 11.8. The third-order valence-corrected chi connectivity index (χ3v) is 4.89. The van der Waals surface area contributed by atoms with Gasteiger partial charge < -0.3 is 9.64 Å². The van der Waals surface area contributed by atoms with Crippen LogP contribution in [0.5, 0.6) is 0 Å². The van der Waals surface area contributed by atoms with Crippen molar-refractivity contribution in [1.29, 1.82) is 0 Å². The molecule has 0 radical (unpaired) electrons. The van der Waals surface area contributed by atoms with Crippen LogP contribution >= 0.6 is 11.3 Å².